The van der Waals surface area contributed by atoms with E-state index in [1.807, 2.05) is 43.3 Å². The fraction of sp³-hybridized carbons (Fsp3) is 0.143. The number of benzene rings is 2. The first kappa shape index (κ1) is 18.7. The molecule has 0 saturated heterocycles. The van der Waals surface area contributed by atoms with Crippen molar-refractivity contribution in [3.8, 4) is 11.8 Å². The zero-order chi connectivity index (χ0) is 18.4. The summed E-state index contributed by atoms with van der Waals surface area (Å²) in [6.45, 7) is 1.94. The van der Waals surface area contributed by atoms with E-state index < -0.39 is 11.5 Å². The first-order valence-corrected chi connectivity index (χ1v) is 8.69. The van der Waals surface area contributed by atoms with E-state index in [1.165, 1.54) is 0 Å². The van der Waals surface area contributed by atoms with Gasteiger partial charge in [0.2, 0.25) is 5.88 Å². The van der Waals surface area contributed by atoms with Gasteiger partial charge in [0.05, 0.1) is 16.9 Å². The lowest BCUT2D eigenvalue weighted by atomic mass is 9.84. The van der Waals surface area contributed by atoms with Crippen LogP contribution in [0.5, 0.6) is 5.75 Å². The van der Waals surface area contributed by atoms with Gasteiger partial charge < -0.3 is 14.9 Å². The third kappa shape index (κ3) is 3.00. The van der Waals surface area contributed by atoms with E-state index in [0.29, 0.717) is 16.7 Å². The summed E-state index contributed by atoms with van der Waals surface area (Å²) >= 11 is 3.39. The predicted molar refractivity (Wildman–Crippen MR) is 107 cm³/mol. The zero-order valence-corrected chi connectivity index (χ0v) is 15.3. The standard InChI is InChI=1S/C20H13BrN2O3.CH4/c1-10-2-7-15-13(8-10)18-17(20(24)25-15)16(14(9-22)19(23)26-18)11-3-5-12(21)6-4-11;/h2-8,16H,23H2,1H3;1H4. The molecule has 0 spiro atoms. The molecule has 6 heteroatoms. The molecule has 0 radical (unpaired) electrons. The van der Waals surface area contributed by atoms with Crippen LogP contribution in [-0.2, 0) is 0 Å². The first-order chi connectivity index (χ1) is 12.5. The fourth-order valence-electron chi connectivity index (χ4n) is 3.22. The van der Waals surface area contributed by atoms with E-state index in [-0.39, 0.29) is 24.4 Å². The van der Waals surface area contributed by atoms with E-state index in [4.69, 9.17) is 14.9 Å². The van der Waals surface area contributed by atoms with Crippen LogP contribution in [0.1, 0.15) is 30.0 Å². The van der Waals surface area contributed by atoms with Crippen molar-refractivity contribution in [2.24, 2.45) is 5.73 Å². The molecule has 1 atom stereocenters. The number of fused-ring (bicyclic) bond motifs is 3. The highest BCUT2D eigenvalue weighted by molar-refractivity contribution is 9.10. The number of allylic oxidation sites excluding steroid dienone is 1. The average molecular weight is 425 g/mol. The van der Waals surface area contributed by atoms with Gasteiger partial charge in [0.25, 0.3) is 0 Å². The van der Waals surface area contributed by atoms with Gasteiger partial charge in [-0.3, -0.25) is 0 Å². The Morgan fingerprint density at radius 3 is 2.56 bits per heavy atom. The minimum Gasteiger partial charge on any atom is -0.439 e. The summed E-state index contributed by atoms with van der Waals surface area (Å²) in [5.41, 5.74) is 8.15. The fourth-order valence-corrected chi connectivity index (χ4v) is 3.49. The van der Waals surface area contributed by atoms with Gasteiger partial charge in [-0.1, -0.05) is 47.1 Å². The Bertz CT molecular complexity index is 1170. The van der Waals surface area contributed by atoms with Crippen LogP contribution in [0.3, 0.4) is 0 Å². The molecule has 3 aromatic rings. The second kappa shape index (κ2) is 6.93. The molecule has 136 valence electrons. The van der Waals surface area contributed by atoms with Gasteiger partial charge in [-0.15, -0.1) is 0 Å². The second-order valence-corrected chi connectivity index (χ2v) is 7.02. The van der Waals surface area contributed by atoms with Crippen LogP contribution in [0.15, 0.2) is 67.6 Å². The van der Waals surface area contributed by atoms with Crippen molar-refractivity contribution in [1.29, 1.82) is 5.26 Å². The normalized spacial score (nSPS) is 15.5. The Morgan fingerprint density at radius 1 is 1.19 bits per heavy atom. The molecule has 4 rings (SSSR count). The summed E-state index contributed by atoms with van der Waals surface area (Å²) in [5.74, 6) is -0.288. The molecule has 0 aliphatic carbocycles. The number of hydrogen-bond acceptors (Lipinski definition) is 5. The molecule has 0 bridgehead atoms. The summed E-state index contributed by atoms with van der Waals surface area (Å²) in [6, 6.07) is 14.9. The Balaban J connectivity index is 0.00000210. The van der Waals surface area contributed by atoms with Crippen LogP contribution in [-0.4, -0.2) is 0 Å². The highest BCUT2D eigenvalue weighted by Gasteiger charge is 2.35. The molecule has 5 nitrogen and oxygen atoms in total. The number of ether oxygens (including phenoxy) is 1. The van der Waals surface area contributed by atoms with Crippen molar-refractivity contribution in [3.05, 3.63) is 85.5 Å². The molecule has 2 N–H and O–H groups in total. The van der Waals surface area contributed by atoms with Gasteiger partial charge in [0, 0.05) is 4.47 Å². The van der Waals surface area contributed by atoms with Crippen LogP contribution in [0.2, 0.25) is 0 Å². The quantitative estimate of drug-likeness (QED) is 0.570. The van der Waals surface area contributed by atoms with E-state index in [0.717, 1.165) is 15.6 Å². The number of aryl methyl sites for hydroxylation is 1. The number of hydrogen-bond donors (Lipinski definition) is 1. The van der Waals surface area contributed by atoms with Crippen molar-refractivity contribution in [2.45, 2.75) is 20.3 Å². The van der Waals surface area contributed by atoms with Gasteiger partial charge in [-0.05, 0) is 36.8 Å². The molecule has 2 heterocycles. The van der Waals surface area contributed by atoms with E-state index in [1.54, 1.807) is 6.07 Å². The van der Waals surface area contributed by atoms with E-state index in [2.05, 4.69) is 22.0 Å². The number of nitriles is 1. The Labute approximate surface area is 164 Å². The van der Waals surface area contributed by atoms with Crippen molar-refractivity contribution in [3.63, 3.8) is 0 Å². The van der Waals surface area contributed by atoms with Gasteiger partial charge in [-0.25, -0.2) is 4.79 Å². The molecule has 0 fully saturated rings. The molecule has 0 saturated carbocycles. The average Bonchev–Trinajstić information content (AvgIpc) is 2.62. The largest absolute Gasteiger partial charge is 0.439 e. The number of nitrogens with two attached hydrogens (primary N) is 1. The predicted octanol–water partition coefficient (Wildman–Crippen LogP) is 4.72. The smallest absolute Gasteiger partial charge is 0.344 e. The summed E-state index contributed by atoms with van der Waals surface area (Å²) < 4.78 is 12.1. The highest BCUT2D eigenvalue weighted by atomic mass is 79.9. The molecule has 1 aliphatic rings. The van der Waals surface area contributed by atoms with Crippen LogP contribution in [0.4, 0.5) is 0 Å². The van der Waals surface area contributed by atoms with E-state index >= 15 is 0 Å². The van der Waals surface area contributed by atoms with Crippen molar-refractivity contribution < 1.29 is 9.15 Å². The summed E-state index contributed by atoms with van der Waals surface area (Å²) in [5, 5.41) is 10.3. The third-order valence-electron chi connectivity index (χ3n) is 4.43. The van der Waals surface area contributed by atoms with Gasteiger partial charge >= 0.3 is 5.63 Å². The molecule has 27 heavy (non-hydrogen) atoms. The zero-order valence-electron chi connectivity index (χ0n) is 13.7. The minimum atomic E-state index is -0.641. The van der Waals surface area contributed by atoms with Crippen molar-refractivity contribution in [2.75, 3.05) is 0 Å². The SMILES string of the molecule is C.Cc1ccc2oc(=O)c3c(c2c1)OC(N)=C(C#N)C3c1ccc(Br)cc1. The van der Waals surface area contributed by atoms with Crippen LogP contribution < -0.4 is 16.1 Å². The molecule has 0 amide bonds. The maximum atomic E-state index is 12.8. The van der Waals surface area contributed by atoms with Crippen LogP contribution in [0, 0.1) is 18.3 Å². The molecule has 1 aliphatic heterocycles. The van der Waals surface area contributed by atoms with Crippen LogP contribution in [0.25, 0.3) is 11.0 Å². The number of rotatable bonds is 1. The van der Waals surface area contributed by atoms with E-state index in [9.17, 15) is 10.1 Å². The number of nitrogens with zero attached hydrogens (tertiary/aromatic N) is 1. The lowest BCUT2D eigenvalue weighted by Gasteiger charge is -2.26. The Kier molecular flexibility index (Phi) is 4.81. The first-order valence-electron chi connectivity index (χ1n) is 7.90. The molecule has 1 aromatic heterocycles. The molecular weight excluding hydrogens is 408 g/mol. The van der Waals surface area contributed by atoms with Gasteiger partial charge in [0.15, 0.2) is 5.75 Å². The van der Waals surface area contributed by atoms with Crippen molar-refractivity contribution >= 4 is 26.9 Å². The van der Waals surface area contributed by atoms with Gasteiger partial charge in [-0.2, -0.15) is 5.26 Å². The minimum absolute atomic E-state index is 0. The maximum absolute atomic E-state index is 12.8. The summed E-state index contributed by atoms with van der Waals surface area (Å²) in [6.07, 6.45) is 0. The second-order valence-electron chi connectivity index (χ2n) is 6.11. The lowest BCUT2D eigenvalue weighted by Crippen LogP contribution is -2.26. The molecule has 2 aromatic carbocycles. The Hall–Kier alpha value is -3.04. The Morgan fingerprint density at radius 2 is 1.89 bits per heavy atom. The lowest BCUT2D eigenvalue weighted by molar-refractivity contribution is 0.388. The van der Waals surface area contributed by atoms with Crippen molar-refractivity contribution in [1.82, 2.24) is 0 Å². The van der Waals surface area contributed by atoms with Gasteiger partial charge in [0.1, 0.15) is 17.2 Å². The summed E-state index contributed by atoms with van der Waals surface area (Å²) in [4.78, 5) is 12.8. The highest BCUT2D eigenvalue weighted by Crippen LogP contribution is 2.43. The molecular formula is C21H17BrN2O3. The number of halogens is 1. The third-order valence-corrected chi connectivity index (χ3v) is 4.95. The topological polar surface area (TPSA) is 89.2 Å². The monoisotopic (exact) mass is 424 g/mol. The maximum Gasteiger partial charge on any atom is 0.344 e. The molecule has 1 unspecified atom stereocenters. The summed E-state index contributed by atoms with van der Waals surface area (Å²) in [7, 11) is 0. The van der Waals surface area contributed by atoms with Crippen LogP contribution >= 0.6 is 15.9 Å².